The smallest absolute Gasteiger partial charge is 0.350 e. The van der Waals surface area contributed by atoms with Gasteiger partial charge in [-0.25, -0.2) is 9.78 Å². The van der Waals surface area contributed by atoms with Crippen LogP contribution in [0.5, 0.6) is 5.75 Å². The summed E-state index contributed by atoms with van der Waals surface area (Å²) in [6.45, 7) is 5.92. The Morgan fingerprint density at radius 2 is 1.73 bits per heavy atom. The Morgan fingerprint density at radius 3 is 2.33 bits per heavy atom. The number of rotatable bonds is 10. The number of amides is 2. The quantitative estimate of drug-likeness (QED) is 0.532. The van der Waals surface area contributed by atoms with Crippen LogP contribution in [-0.4, -0.2) is 48.0 Å². The van der Waals surface area contributed by atoms with Crippen molar-refractivity contribution in [3.63, 3.8) is 0 Å². The predicted octanol–water partition coefficient (Wildman–Crippen LogP) is 3.58. The van der Waals surface area contributed by atoms with Gasteiger partial charge < -0.3 is 20.1 Å². The van der Waals surface area contributed by atoms with Gasteiger partial charge in [-0.2, -0.15) is 0 Å². The normalized spacial score (nSPS) is 10.6. The van der Waals surface area contributed by atoms with Gasteiger partial charge in [0.2, 0.25) is 11.8 Å². The highest BCUT2D eigenvalue weighted by Crippen LogP contribution is 2.24. The van der Waals surface area contributed by atoms with Crippen molar-refractivity contribution in [1.29, 1.82) is 0 Å². The maximum absolute atomic E-state index is 12.1. The summed E-state index contributed by atoms with van der Waals surface area (Å²) in [7, 11) is 1.57. The van der Waals surface area contributed by atoms with Crippen LogP contribution in [-0.2, 0) is 14.3 Å². The van der Waals surface area contributed by atoms with Gasteiger partial charge in [-0.3, -0.25) is 9.59 Å². The van der Waals surface area contributed by atoms with Gasteiger partial charge in [0.1, 0.15) is 10.6 Å². The second-order valence-electron chi connectivity index (χ2n) is 6.74. The Morgan fingerprint density at radius 1 is 1.10 bits per heavy atom. The minimum atomic E-state index is -0.441. The van der Waals surface area contributed by atoms with Crippen molar-refractivity contribution in [1.82, 2.24) is 4.98 Å². The number of aromatic nitrogens is 1. The zero-order valence-electron chi connectivity index (χ0n) is 17.3. The molecule has 0 saturated heterocycles. The number of nitrogens with zero attached hydrogens (tertiary/aromatic N) is 1. The molecule has 0 bridgehead atoms. The number of aryl methyl sites for hydroxylation is 1. The fourth-order valence-corrected chi connectivity index (χ4v) is 3.70. The van der Waals surface area contributed by atoms with Crippen molar-refractivity contribution in [2.45, 2.75) is 20.8 Å². The molecule has 0 fully saturated rings. The minimum absolute atomic E-state index is 0.0851. The molecule has 0 aliphatic heterocycles. The summed E-state index contributed by atoms with van der Waals surface area (Å²) in [5.41, 5.74) is 1.16. The lowest BCUT2D eigenvalue weighted by molar-refractivity contribution is -0.114. The lowest BCUT2D eigenvalue weighted by atomic mass is 10.2. The van der Waals surface area contributed by atoms with Gasteiger partial charge in [-0.15, -0.1) is 11.8 Å². The third kappa shape index (κ3) is 7.68. The van der Waals surface area contributed by atoms with E-state index in [1.807, 2.05) is 13.8 Å². The van der Waals surface area contributed by atoms with E-state index in [-0.39, 0.29) is 29.2 Å². The van der Waals surface area contributed by atoms with Gasteiger partial charge in [0.15, 0.2) is 5.13 Å². The fourth-order valence-electron chi connectivity index (χ4n) is 2.21. The van der Waals surface area contributed by atoms with Gasteiger partial charge in [-0.05, 0) is 37.1 Å². The topological polar surface area (TPSA) is 107 Å². The average molecular weight is 452 g/mol. The summed E-state index contributed by atoms with van der Waals surface area (Å²) < 4.78 is 10.3. The molecule has 10 heteroatoms. The number of nitrogens with one attached hydrogen (secondary N) is 2. The van der Waals surface area contributed by atoms with Crippen LogP contribution in [0.1, 0.15) is 29.2 Å². The summed E-state index contributed by atoms with van der Waals surface area (Å²) in [6, 6.07) is 6.98. The second-order valence-corrected chi connectivity index (χ2v) is 8.73. The number of carbonyl (C=O) groups excluding carboxylic acids is 3. The molecule has 1 heterocycles. The fraction of sp³-hybridized carbons (Fsp3) is 0.400. The number of hydrogen-bond acceptors (Lipinski definition) is 8. The van der Waals surface area contributed by atoms with E-state index in [9.17, 15) is 14.4 Å². The van der Waals surface area contributed by atoms with Gasteiger partial charge in [0.05, 0.1) is 30.9 Å². The van der Waals surface area contributed by atoms with Crippen molar-refractivity contribution >= 4 is 51.7 Å². The zero-order valence-corrected chi connectivity index (χ0v) is 18.9. The Kier molecular flexibility index (Phi) is 9.13. The third-order valence-corrected chi connectivity index (χ3v) is 5.60. The SMILES string of the molecule is COc1ccc(NC(=O)CSCC(=O)Nc2nc(C)c(C(=O)OCC(C)C)s2)cc1. The molecule has 1 aromatic heterocycles. The molecule has 0 unspecified atom stereocenters. The molecule has 162 valence electrons. The summed E-state index contributed by atoms with van der Waals surface area (Å²) in [5.74, 6) is 0.202. The number of carbonyl (C=O) groups is 3. The van der Waals surface area contributed by atoms with Crippen molar-refractivity contribution in [2.75, 3.05) is 35.9 Å². The number of methoxy groups -OCH3 is 1. The largest absolute Gasteiger partial charge is 0.497 e. The number of benzene rings is 1. The van der Waals surface area contributed by atoms with Gasteiger partial charge >= 0.3 is 5.97 Å². The van der Waals surface area contributed by atoms with Crippen LogP contribution < -0.4 is 15.4 Å². The van der Waals surface area contributed by atoms with Crippen molar-refractivity contribution < 1.29 is 23.9 Å². The first-order valence-corrected chi connectivity index (χ1v) is 11.2. The van der Waals surface area contributed by atoms with E-state index in [0.717, 1.165) is 11.3 Å². The molecule has 0 aliphatic carbocycles. The summed E-state index contributed by atoms with van der Waals surface area (Å²) in [5, 5.41) is 5.74. The van der Waals surface area contributed by atoms with Gasteiger partial charge in [-0.1, -0.05) is 25.2 Å². The highest BCUT2D eigenvalue weighted by molar-refractivity contribution is 8.00. The van der Waals surface area contributed by atoms with Crippen LogP contribution in [0.2, 0.25) is 0 Å². The van der Waals surface area contributed by atoms with E-state index in [4.69, 9.17) is 9.47 Å². The van der Waals surface area contributed by atoms with Crippen LogP contribution in [0.4, 0.5) is 10.8 Å². The first-order chi connectivity index (χ1) is 14.3. The van der Waals surface area contributed by atoms with E-state index >= 15 is 0 Å². The molecule has 2 N–H and O–H groups in total. The van der Waals surface area contributed by atoms with E-state index in [0.29, 0.717) is 33.7 Å². The first-order valence-electron chi connectivity index (χ1n) is 9.24. The highest BCUT2D eigenvalue weighted by Gasteiger charge is 2.18. The molecule has 2 aromatic rings. The van der Waals surface area contributed by atoms with E-state index in [2.05, 4.69) is 15.6 Å². The third-order valence-electron chi connectivity index (χ3n) is 3.62. The molecule has 1 aromatic carbocycles. The number of anilines is 2. The molecule has 0 spiro atoms. The molecule has 8 nitrogen and oxygen atoms in total. The van der Waals surface area contributed by atoms with E-state index in [1.54, 1.807) is 38.3 Å². The number of esters is 1. The molecule has 2 amide bonds. The second kappa shape index (κ2) is 11.6. The van der Waals surface area contributed by atoms with Crippen LogP contribution in [0.15, 0.2) is 24.3 Å². The van der Waals surface area contributed by atoms with Crippen molar-refractivity contribution in [2.24, 2.45) is 5.92 Å². The molecule has 2 rings (SSSR count). The Labute approximate surface area is 183 Å². The lowest BCUT2D eigenvalue weighted by Crippen LogP contribution is -2.18. The van der Waals surface area contributed by atoms with Gasteiger partial charge in [0, 0.05) is 5.69 Å². The number of thiazole rings is 1. The summed E-state index contributed by atoms with van der Waals surface area (Å²) >= 11 is 2.26. The zero-order chi connectivity index (χ0) is 22.1. The van der Waals surface area contributed by atoms with E-state index in [1.165, 1.54) is 11.8 Å². The predicted molar refractivity (Wildman–Crippen MR) is 120 cm³/mol. The Bertz CT molecular complexity index is 881. The average Bonchev–Trinajstić information content (AvgIpc) is 3.06. The van der Waals surface area contributed by atoms with Crippen molar-refractivity contribution in [3.05, 3.63) is 34.8 Å². The number of ether oxygens (including phenoxy) is 2. The molecule has 0 radical (unpaired) electrons. The van der Waals surface area contributed by atoms with Gasteiger partial charge in [0.25, 0.3) is 0 Å². The molecule has 30 heavy (non-hydrogen) atoms. The summed E-state index contributed by atoms with van der Waals surface area (Å²) in [6.07, 6.45) is 0. The standard InChI is InChI=1S/C20H25N3O5S2/c1-12(2)9-28-19(26)18-13(3)21-20(30-18)23-17(25)11-29-10-16(24)22-14-5-7-15(27-4)8-6-14/h5-8,12H,9-11H2,1-4H3,(H,22,24)(H,21,23,25). The van der Waals surface area contributed by atoms with Crippen LogP contribution in [0.25, 0.3) is 0 Å². The molecule has 0 saturated carbocycles. The monoisotopic (exact) mass is 451 g/mol. The maximum atomic E-state index is 12.1. The Hall–Kier alpha value is -2.59. The van der Waals surface area contributed by atoms with Crippen LogP contribution in [0.3, 0.4) is 0 Å². The number of thioether (sulfide) groups is 1. The maximum Gasteiger partial charge on any atom is 0.350 e. The minimum Gasteiger partial charge on any atom is -0.497 e. The summed E-state index contributed by atoms with van der Waals surface area (Å²) in [4.78, 5) is 40.7. The molecule has 0 atom stereocenters. The van der Waals surface area contributed by atoms with E-state index < -0.39 is 5.97 Å². The molecule has 0 aliphatic rings. The van der Waals surface area contributed by atoms with Crippen LogP contribution in [0, 0.1) is 12.8 Å². The Balaban J connectivity index is 1.75. The van der Waals surface area contributed by atoms with Crippen molar-refractivity contribution in [3.8, 4) is 5.75 Å². The first kappa shape index (κ1) is 23.7. The molecular formula is C20H25N3O5S2. The lowest BCUT2D eigenvalue weighted by Gasteiger charge is -2.06. The van der Waals surface area contributed by atoms with Crippen LogP contribution >= 0.6 is 23.1 Å². The molecular weight excluding hydrogens is 426 g/mol. The number of hydrogen-bond donors (Lipinski definition) is 2. The highest BCUT2D eigenvalue weighted by atomic mass is 32.2.